The van der Waals surface area contributed by atoms with Gasteiger partial charge in [-0.25, -0.2) is 14.6 Å². The van der Waals surface area contributed by atoms with Gasteiger partial charge in [0.15, 0.2) is 0 Å². The first-order valence-electron chi connectivity index (χ1n) is 7.86. The number of unbranched alkanes of at least 4 members (excludes halogenated alkanes) is 1. The van der Waals surface area contributed by atoms with E-state index in [4.69, 9.17) is 5.73 Å². The lowest BCUT2D eigenvalue weighted by Gasteiger charge is -2.05. The van der Waals surface area contributed by atoms with Gasteiger partial charge in [0.1, 0.15) is 0 Å². The number of aromatic nitrogens is 4. The topological polar surface area (TPSA) is 86.7 Å². The lowest BCUT2D eigenvalue weighted by molar-refractivity contribution is 0.0999. The molecule has 1 amide bonds. The van der Waals surface area contributed by atoms with Gasteiger partial charge in [-0.15, -0.1) is 11.3 Å². The third kappa shape index (κ3) is 3.21. The van der Waals surface area contributed by atoms with Gasteiger partial charge in [-0.05, 0) is 36.8 Å². The van der Waals surface area contributed by atoms with Gasteiger partial charge in [-0.3, -0.25) is 4.79 Å². The number of hydrogen-bond donors (Lipinski definition) is 1. The number of aryl methyl sites for hydroxylation is 2. The Bertz CT molecular complexity index is 854. The van der Waals surface area contributed by atoms with Crippen LogP contribution in [-0.2, 0) is 6.42 Å². The maximum Gasteiger partial charge on any atom is 0.252 e. The van der Waals surface area contributed by atoms with Crippen LogP contribution in [0, 0.1) is 6.92 Å². The van der Waals surface area contributed by atoms with Crippen molar-refractivity contribution < 1.29 is 4.79 Å². The molecule has 0 saturated carbocycles. The van der Waals surface area contributed by atoms with Crippen molar-refractivity contribution in [3.8, 4) is 16.5 Å². The Morgan fingerprint density at radius 3 is 2.92 bits per heavy atom. The molecule has 124 valence electrons. The molecule has 0 unspecified atom stereocenters. The molecule has 0 saturated heterocycles. The highest BCUT2D eigenvalue weighted by Crippen LogP contribution is 2.26. The van der Waals surface area contributed by atoms with Crippen LogP contribution in [-0.4, -0.2) is 25.7 Å². The minimum atomic E-state index is -0.474. The molecule has 0 aliphatic carbocycles. The second-order valence-corrected chi connectivity index (χ2v) is 6.53. The number of carbonyl (C=O) groups excluding carboxylic acids is 1. The van der Waals surface area contributed by atoms with Crippen LogP contribution in [0.1, 0.15) is 41.4 Å². The summed E-state index contributed by atoms with van der Waals surface area (Å²) < 4.78 is 1.54. The molecule has 0 aliphatic heterocycles. The van der Waals surface area contributed by atoms with Crippen LogP contribution in [0.2, 0.25) is 0 Å². The number of amides is 1. The second-order valence-electron chi connectivity index (χ2n) is 5.58. The molecule has 0 bridgehead atoms. The van der Waals surface area contributed by atoms with E-state index in [-0.39, 0.29) is 0 Å². The van der Waals surface area contributed by atoms with Crippen LogP contribution in [0.4, 0.5) is 0 Å². The summed E-state index contributed by atoms with van der Waals surface area (Å²) in [4.78, 5) is 21.7. The van der Waals surface area contributed by atoms with E-state index < -0.39 is 5.91 Å². The second kappa shape index (κ2) is 6.92. The summed E-state index contributed by atoms with van der Waals surface area (Å²) in [6, 6.07) is 4.01. The van der Waals surface area contributed by atoms with Gasteiger partial charge >= 0.3 is 0 Å². The predicted octanol–water partition coefficient (Wildman–Crippen LogP) is 3.14. The normalized spacial score (nSPS) is 10.9. The summed E-state index contributed by atoms with van der Waals surface area (Å²) in [6.07, 6.45) is 6.08. The van der Waals surface area contributed by atoms with Crippen molar-refractivity contribution >= 4 is 17.2 Å². The van der Waals surface area contributed by atoms with Gasteiger partial charge in [0.05, 0.1) is 21.8 Å². The van der Waals surface area contributed by atoms with Crippen molar-refractivity contribution in [3.63, 3.8) is 0 Å². The number of nitrogens with zero attached hydrogens (tertiary/aromatic N) is 4. The summed E-state index contributed by atoms with van der Waals surface area (Å²) in [6.45, 7) is 4.07. The Labute approximate surface area is 144 Å². The van der Waals surface area contributed by atoms with Crippen molar-refractivity contribution in [3.05, 3.63) is 46.7 Å². The van der Waals surface area contributed by atoms with Crippen LogP contribution in [0.3, 0.4) is 0 Å². The monoisotopic (exact) mass is 341 g/mol. The van der Waals surface area contributed by atoms with Crippen molar-refractivity contribution in [2.24, 2.45) is 5.73 Å². The average Bonchev–Trinajstić information content (AvgIpc) is 3.23. The first-order chi connectivity index (χ1) is 11.6. The average molecular weight is 341 g/mol. The van der Waals surface area contributed by atoms with Crippen LogP contribution in [0.5, 0.6) is 0 Å². The van der Waals surface area contributed by atoms with Gasteiger partial charge in [0.2, 0.25) is 0 Å². The first kappa shape index (κ1) is 16.3. The molecular formula is C17H19N5OS. The predicted molar refractivity (Wildman–Crippen MR) is 94.3 cm³/mol. The van der Waals surface area contributed by atoms with Crippen LogP contribution < -0.4 is 5.73 Å². The Hall–Kier alpha value is -2.54. The number of hydrogen-bond acceptors (Lipinski definition) is 5. The van der Waals surface area contributed by atoms with Crippen LogP contribution in [0.25, 0.3) is 16.5 Å². The molecule has 7 heteroatoms. The molecule has 0 aromatic carbocycles. The summed E-state index contributed by atoms with van der Waals surface area (Å²) in [5.74, 6) is -0.0350. The van der Waals surface area contributed by atoms with E-state index in [0.29, 0.717) is 23.6 Å². The smallest absolute Gasteiger partial charge is 0.252 e. The van der Waals surface area contributed by atoms with Crippen LogP contribution in [0.15, 0.2) is 29.9 Å². The minimum Gasteiger partial charge on any atom is -0.365 e. The minimum absolute atomic E-state index is 0.435. The Kier molecular flexibility index (Phi) is 4.71. The van der Waals surface area contributed by atoms with E-state index >= 15 is 0 Å². The molecule has 0 spiro atoms. The molecule has 3 aromatic heterocycles. The fourth-order valence-corrected chi connectivity index (χ4v) is 3.23. The Morgan fingerprint density at radius 2 is 2.25 bits per heavy atom. The molecule has 0 atom stereocenters. The van der Waals surface area contributed by atoms with Gasteiger partial charge in [-0.2, -0.15) is 5.10 Å². The first-order valence-corrected chi connectivity index (χ1v) is 8.74. The van der Waals surface area contributed by atoms with Crippen LogP contribution >= 0.6 is 11.3 Å². The van der Waals surface area contributed by atoms with Gasteiger partial charge in [-0.1, -0.05) is 19.4 Å². The van der Waals surface area contributed by atoms with Crippen molar-refractivity contribution in [1.82, 2.24) is 19.7 Å². The largest absolute Gasteiger partial charge is 0.365 e. The molecule has 3 heterocycles. The number of nitrogens with two attached hydrogens (primary N) is 1. The van der Waals surface area contributed by atoms with E-state index in [1.807, 2.05) is 24.4 Å². The van der Waals surface area contributed by atoms with Crippen molar-refractivity contribution in [2.75, 3.05) is 0 Å². The van der Waals surface area contributed by atoms with E-state index in [2.05, 4.69) is 22.0 Å². The number of carbonyl (C=O) groups is 1. The van der Waals surface area contributed by atoms with E-state index in [1.54, 1.807) is 28.4 Å². The molecular weight excluding hydrogens is 322 g/mol. The molecule has 6 nitrogen and oxygen atoms in total. The third-order valence-electron chi connectivity index (χ3n) is 3.74. The highest BCUT2D eigenvalue weighted by atomic mass is 32.1. The molecule has 0 fully saturated rings. The molecule has 3 aromatic rings. The van der Waals surface area contributed by atoms with Crippen molar-refractivity contribution in [1.29, 1.82) is 0 Å². The summed E-state index contributed by atoms with van der Waals surface area (Å²) >= 11 is 1.62. The van der Waals surface area contributed by atoms with E-state index in [0.717, 1.165) is 29.0 Å². The maximum atomic E-state index is 11.7. The van der Waals surface area contributed by atoms with Crippen molar-refractivity contribution in [2.45, 2.75) is 33.1 Å². The highest BCUT2D eigenvalue weighted by Gasteiger charge is 2.16. The molecule has 3 rings (SSSR count). The number of rotatable bonds is 6. The third-order valence-corrected chi connectivity index (χ3v) is 4.62. The fraction of sp³-hybridized carbons (Fsp3) is 0.294. The Morgan fingerprint density at radius 1 is 1.42 bits per heavy atom. The zero-order chi connectivity index (χ0) is 17.1. The molecule has 0 aliphatic rings. The lowest BCUT2D eigenvalue weighted by Crippen LogP contribution is -2.12. The summed E-state index contributed by atoms with van der Waals surface area (Å²) in [5, 5.41) is 6.50. The quantitative estimate of drug-likeness (QED) is 0.746. The van der Waals surface area contributed by atoms with Gasteiger partial charge in [0.25, 0.3) is 11.9 Å². The molecule has 2 N–H and O–H groups in total. The summed E-state index contributed by atoms with van der Waals surface area (Å²) in [7, 11) is 0. The SMILES string of the molecule is CCCCc1nn(-c2ncc(C)c(-c3cccs3)n2)cc1C(N)=O. The van der Waals surface area contributed by atoms with Gasteiger partial charge < -0.3 is 5.73 Å². The van der Waals surface area contributed by atoms with E-state index in [9.17, 15) is 4.79 Å². The zero-order valence-corrected chi connectivity index (χ0v) is 14.5. The maximum absolute atomic E-state index is 11.7. The standard InChI is InChI=1S/C17H19N5OS/c1-3-4-6-13-12(16(18)23)10-22(21-13)17-19-9-11(2)15(20-17)14-7-5-8-24-14/h5,7-10H,3-4,6H2,1-2H3,(H2,18,23). The number of thiophene rings is 1. The zero-order valence-electron chi connectivity index (χ0n) is 13.7. The van der Waals surface area contributed by atoms with E-state index in [1.165, 1.54) is 0 Å². The summed E-state index contributed by atoms with van der Waals surface area (Å²) in [5.41, 5.74) is 8.48. The Balaban J connectivity index is 2.03. The molecule has 24 heavy (non-hydrogen) atoms. The van der Waals surface area contributed by atoms with Gasteiger partial charge in [0, 0.05) is 12.4 Å². The molecule has 0 radical (unpaired) electrons. The lowest BCUT2D eigenvalue weighted by atomic mass is 10.1. The highest BCUT2D eigenvalue weighted by molar-refractivity contribution is 7.13. The fourth-order valence-electron chi connectivity index (χ4n) is 2.45. The number of primary amides is 1.